The van der Waals surface area contributed by atoms with E-state index >= 15 is 0 Å². The largest absolute Gasteiger partial charge is 0.488 e. The molecule has 1 aromatic heterocycles. The molecule has 2 heterocycles. The summed E-state index contributed by atoms with van der Waals surface area (Å²) in [6.07, 6.45) is 5.56. The number of alkyl carbamates (subject to hydrolysis) is 1. The van der Waals surface area contributed by atoms with Crippen LogP contribution in [0.25, 0.3) is 10.9 Å². The average molecular weight is 1000 g/mol. The topological polar surface area (TPSA) is 261 Å². The minimum Gasteiger partial charge on any atom is -0.488 e. The van der Waals surface area contributed by atoms with Crippen molar-refractivity contribution in [2.45, 2.75) is 167 Å². The van der Waals surface area contributed by atoms with E-state index in [1.807, 2.05) is 25.5 Å². The molecule has 6 rings (SSSR count). The number of ether oxygens (including phenoxy) is 3. The highest BCUT2D eigenvalue weighted by Crippen LogP contribution is 2.47. The number of aromatic nitrogens is 1. The van der Waals surface area contributed by atoms with Gasteiger partial charge in [0.15, 0.2) is 0 Å². The molecule has 0 radical (unpaired) electrons. The highest BCUT2D eigenvalue weighted by molar-refractivity contribution is 7.85. The second-order valence-corrected chi connectivity index (χ2v) is 22.7. The Balaban J connectivity index is 0.000000669. The fraction of sp³-hybridized carbons (Fsp3) is 0.667. The molecule has 4 fully saturated rings. The molecule has 0 spiro atoms. The zero-order valence-electron chi connectivity index (χ0n) is 39.9. The number of nitrogens with one attached hydrogen (secondary N) is 3. The van der Waals surface area contributed by atoms with Crippen molar-refractivity contribution in [2.75, 3.05) is 13.2 Å². The third-order valence-electron chi connectivity index (χ3n) is 11.8. The summed E-state index contributed by atoms with van der Waals surface area (Å²) < 4.78 is 76.9. The Morgan fingerprint density at radius 1 is 0.985 bits per heavy atom. The average Bonchev–Trinajstić information content (AvgIpc) is 4.16. The van der Waals surface area contributed by atoms with Crippen LogP contribution in [0.3, 0.4) is 0 Å². The van der Waals surface area contributed by atoms with E-state index < -0.39 is 96.3 Å². The van der Waals surface area contributed by atoms with Crippen molar-refractivity contribution in [2.24, 2.45) is 16.5 Å². The quantitative estimate of drug-likeness (QED) is 0.120. The van der Waals surface area contributed by atoms with Crippen LogP contribution in [0.1, 0.15) is 127 Å². The monoisotopic (exact) mass is 998 g/mol. The second-order valence-electron chi connectivity index (χ2n) is 19.9. The van der Waals surface area contributed by atoms with Gasteiger partial charge >= 0.3 is 26.7 Å². The lowest BCUT2D eigenvalue weighted by atomic mass is 9.85. The Hall–Kier alpha value is -4.28. The van der Waals surface area contributed by atoms with Gasteiger partial charge in [0.2, 0.25) is 17.7 Å². The smallest absolute Gasteiger partial charge is 0.408 e. The molecule has 0 unspecified atom stereocenters. The lowest BCUT2D eigenvalue weighted by Crippen LogP contribution is -2.60. The molecule has 4 amide bonds. The van der Waals surface area contributed by atoms with E-state index in [0.717, 1.165) is 25.7 Å². The minimum absolute atomic E-state index is 0.0351. The van der Waals surface area contributed by atoms with Crippen LogP contribution < -0.4 is 30.0 Å². The van der Waals surface area contributed by atoms with Crippen molar-refractivity contribution in [3.05, 3.63) is 41.9 Å². The summed E-state index contributed by atoms with van der Waals surface area (Å²) in [5.41, 5.74) is -4.22. The van der Waals surface area contributed by atoms with Gasteiger partial charge in [-0.2, -0.15) is 16.8 Å². The molecular weight excluding hydrogens is 932 g/mol. The van der Waals surface area contributed by atoms with Gasteiger partial charge in [-0.05, 0) is 90.2 Å². The predicted octanol–water partition coefficient (Wildman–Crippen LogP) is 5.89. The first-order chi connectivity index (χ1) is 31.0. The minimum atomic E-state index is -4.52. The Morgan fingerprint density at radius 3 is 2.10 bits per heavy atom. The van der Waals surface area contributed by atoms with Gasteiger partial charge in [0.05, 0.1) is 34.9 Å². The first-order valence-corrected chi connectivity index (χ1v) is 25.9. The summed E-state index contributed by atoms with van der Waals surface area (Å²) in [6, 6.07) is 4.43. The number of benzene rings is 1. The van der Waals surface area contributed by atoms with Gasteiger partial charge in [0.25, 0.3) is 5.91 Å². The number of halogens is 1. The first kappa shape index (κ1) is 53.7. The van der Waals surface area contributed by atoms with E-state index in [2.05, 4.69) is 22.2 Å². The SMILES string of the molecule is C=C[C@@H]1C[C@]1(NC(=O)[C@@H]1C[C@@H](Oc2cc(OCC)nc3c(Cl)cccc23)CN1C(=O)[C@@H](NC(=O)OC(C)(C)C)C(C)(C)C)C(=O)NS(=O)(=O)OC1(CCC)CC1.CCCC1(OS(N)(=O)=O)CC1. The second kappa shape index (κ2) is 20.4. The molecule has 67 heavy (non-hydrogen) atoms. The van der Waals surface area contributed by atoms with E-state index in [0.29, 0.717) is 54.0 Å². The third-order valence-corrected chi connectivity index (χ3v) is 13.7. The molecule has 3 saturated carbocycles. The van der Waals surface area contributed by atoms with E-state index in [4.69, 9.17) is 39.3 Å². The molecule has 1 aromatic carbocycles. The summed E-state index contributed by atoms with van der Waals surface area (Å²) in [5.74, 6) is -2.29. The predicted molar refractivity (Wildman–Crippen MR) is 250 cm³/mol. The van der Waals surface area contributed by atoms with Gasteiger partial charge < -0.3 is 29.7 Å². The summed E-state index contributed by atoms with van der Waals surface area (Å²) in [6.45, 7) is 20.1. The lowest BCUT2D eigenvalue weighted by molar-refractivity contribution is -0.143. The number of para-hydroxylation sites is 1. The third kappa shape index (κ3) is 14.2. The van der Waals surface area contributed by atoms with Crippen molar-refractivity contribution in [1.82, 2.24) is 25.2 Å². The highest BCUT2D eigenvalue weighted by atomic mass is 35.5. The van der Waals surface area contributed by atoms with Gasteiger partial charge in [-0.1, -0.05) is 71.2 Å². The van der Waals surface area contributed by atoms with Gasteiger partial charge in [-0.15, -0.1) is 6.58 Å². The van der Waals surface area contributed by atoms with Crippen LogP contribution in [0.4, 0.5) is 4.79 Å². The molecular formula is C45H67ClN6O13S2. The number of nitrogens with two attached hydrogens (primary N) is 1. The van der Waals surface area contributed by atoms with E-state index in [9.17, 15) is 36.0 Å². The van der Waals surface area contributed by atoms with Gasteiger partial charge in [0, 0.05) is 23.8 Å². The lowest BCUT2D eigenvalue weighted by Gasteiger charge is -2.36. The molecule has 4 aliphatic rings. The number of nitrogens with zero attached hydrogens (tertiary/aromatic N) is 2. The zero-order chi connectivity index (χ0) is 50.0. The normalized spacial score (nSPS) is 23.1. The number of fused-ring (bicyclic) bond motifs is 1. The Kier molecular flexibility index (Phi) is 16.3. The summed E-state index contributed by atoms with van der Waals surface area (Å²) in [7, 11) is -8.26. The Labute approximate surface area is 399 Å². The summed E-state index contributed by atoms with van der Waals surface area (Å²) in [4.78, 5) is 61.6. The number of hydrogen-bond donors (Lipinski definition) is 4. The van der Waals surface area contributed by atoms with Gasteiger partial charge in [-0.3, -0.25) is 18.6 Å². The number of hydrogen-bond acceptors (Lipinski definition) is 14. The highest BCUT2D eigenvalue weighted by Gasteiger charge is 2.62. The molecule has 1 saturated heterocycles. The zero-order valence-corrected chi connectivity index (χ0v) is 42.3. The van der Waals surface area contributed by atoms with Crippen LogP contribution in [-0.4, -0.2) is 104 Å². The Bertz CT molecular complexity index is 2420. The molecule has 3 aliphatic carbocycles. The van der Waals surface area contributed by atoms with Crippen LogP contribution in [0.2, 0.25) is 5.02 Å². The molecule has 19 nitrogen and oxygen atoms in total. The van der Waals surface area contributed by atoms with Crippen molar-refractivity contribution in [3.8, 4) is 11.6 Å². The van der Waals surface area contributed by atoms with E-state index in [1.165, 1.54) is 11.0 Å². The number of amides is 4. The van der Waals surface area contributed by atoms with Gasteiger partial charge in [0.1, 0.15) is 35.1 Å². The number of rotatable bonds is 19. The molecule has 374 valence electrons. The number of pyridine rings is 1. The Morgan fingerprint density at radius 2 is 1.60 bits per heavy atom. The summed E-state index contributed by atoms with van der Waals surface area (Å²) in [5, 5.41) is 11.1. The van der Waals surface area contributed by atoms with Crippen LogP contribution in [0, 0.1) is 11.3 Å². The summed E-state index contributed by atoms with van der Waals surface area (Å²) >= 11 is 6.50. The van der Waals surface area contributed by atoms with Crippen molar-refractivity contribution in [3.63, 3.8) is 0 Å². The number of likely N-dealkylation sites (tertiary alicyclic amines) is 1. The standard InChI is InChI=1S/C39H54ClN5O10S.C6H13NO3S/c1-10-16-38(17-18-38)55-56(50,51)44-34(48)39(21-23(39)11-2)43-32(46)27-19-24(53-28-20-29(52-12-3)41-30-25(28)14-13-15-26(30)40)22-45(27)33(47)31(36(4,5)6)42-35(49)54-37(7,8)9;1-2-3-6(4-5-6)10-11(7,8)9/h11,13-15,20,23-24,27,31H,2,10,12,16-19,21-22H2,1,3-9H3,(H,42,49)(H,43,46)(H,44,48);2-5H2,1H3,(H2,7,8,9)/t23-,24-,27+,31-,39-;/m1./s1. The molecule has 22 heteroatoms. The molecule has 0 bridgehead atoms. The molecule has 5 N–H and O–H groups in total. The first-order valence-electron chi connectivity index (χ1n) is 22.7. The number of carbonyl (C=O) groups excluding carboxylic acids is 4. The molecule has 2 aromatic rings. The molecule has 5 atom stereocenters. The van der Waals surface area contributed by atoms with Gasteiger partial charge in [-0.25, -0.2) is 23.8 Å². The molecule has 1 aliphatic heterocycles. The van der Waals surface area contributed by atoms with E-state index in [1.54, 1.807) is 65.8 Å². The van der Waals surface area contributed by atoms with Crippen LogP contribution >= 0.6 is 11.6 Å². The number of carbonyl (C=O) groups is 4. The van der Waals surface area contributed by atoms with Crippen LogP contribution in [0.5, 0.6) is 11.6 Å². The van der Waals surface area contributed by atoms with Crippen LogP contribution in [0.15, 0.2) is 36.9 Å². The maximum atomic E-state index is 14.6. The maximum absolute atomic E-state index is 14.6. The van der Waals surface area contributed by atoms with Crippen LogP contribution in [-0.2, 0) is 48.1 Å². The van der Waals surface area contributed by atoms with Crippen molar-refractivity contribution in [1.29, 1.82) is 0 Å². The fourth-order valence-electron chi connectivity index (χ4n) is 8.26. The van der Waals surface area contributed by atoms with E-state index in [-0.39, 0.29) is 25.3 Å². The fourth-order valence-corrected chi connectivity index (χ4v) is 10.4. The van der Waals surface area contributed by atoms with Crippen molar-refractivity contribution < 1.29 is 58.6 Å². The maximum Gasteiger partial charge on any atom is 0.408 e. The van der Waals surface area contributed by atoms with Crippen molar-refractivity contribution >= 4 is 66.9 Å².